The molecular formula is C16H14BrFN2O2. The zero-order valence-corrected chi connectivity index (χ0v) is 13.2. The second-order valence-electron chi connectivity index (χ2n) is 4.53. The zero-order valence-electron chi connectivity index (χ0n) is 11.6. The van der Waals surface area contributed by atoms with Gasteiger partial charge in [0.25, 0.3) is 11.8 Å². The summed E-state index contributed by atoms with van der Waals surface area (Å²) in [6.45, 7) is 0.543. The molecule has 0 unspecified atom stereocenters. The number of hydrogen-bond donors (Lipinski definition) is 2. The van der Waals surface area contributed by atoms with Crippen LogP contribution in [-0.4, -0.2) is 24.9 Å². The second kappa shape index (κ2) is 7.70. The van der Waals surface area contributed by atoms with E-state index in [0.29, 0.717) is 5.56 Å². The largest absolute Gasteiger partial charge is 0.350 e. The van der Waals surface area contributed by atoms with Gasteiger partial charge < -0.3 is 10.6 Å². The number of rotatable bonds is 5. The Morgan fingerprint density at radius 3 is 2.00 bits per heavy atom. The van der Waals surface area contributed by atoms with Gasteiger partial charge in [0.05, 0.1) is 0 Å². The fourth-order valence-corrected chi connectivity index (χ4v) is 2.21. The number of nitrogens with one attached hydrogen (secondary N) is 2. The van der Waals surface area contributed by atoms with Crippen LogP contribution in [0.4, 0.5) is 4.39 Å². The van der Waals surface area contributed by atoms with Crippen LogP contribution in [0, 0.1) is 5.82 Å². The Kier molecular flexibility index (Phi) is 5.66. The van der Waals surface area contributed by atoms with Gasteiger partial charge in [0.15, 0.2) is 0 Å². The molecule has 2 aromatic carbocycles. The van der Waals surface area contributed by atoms with Gasteiger partial charge in [0.1, 0.15) is 5.82 Å². The highest BCUT2D eigenvalue weighted by atomic mass is 79.9. The predicted molar refractivity (Wildman–Crippen MR) is 85.2 cm³/mol. The summed E-state index contributed by atoms with van der Waals surface area (Å²) in [5.74, 6) is -1.06. The third-order valence-electron chi connectivity index (χ3n) is 2.87. The molecule has 0 aliphatic heterocycles. The number of halogens is 2. The Bertz CT molecular complexity index is 632. The zero-order chi connectivity index (χ0) is 15.9. The normalized spacial score (nSPS) is 10.1. The highest BCUT2D eigenvalue weighted by molar-refractivity contribution is 9.10. The summed E-state index contributed by atoms with van der Waals surface area (Å²) < 4.78 is 13.8. The van der Waals surface area contributed by atoms with E-state index in [1.165, 1.54) is 18.2 Å². The molecule has 2 rings (SSSR count). The maximum atomic E-state index is 13.0. The molecule has 0 bridgehead atoms. The van der Waals surface area contributed by atoms with Gasteiger partial charge in [-0.15, -0.1) is 0 Å². The molecule has 6 heteroatoms. The average molecular weight is 365 g/mol. The van der Waals surface area contributed by atoms with E-state index in [4.69, 9.17) is 0 Å². The number of benzene rings is 2. The maximum absolute atomic E-state index is 13.0. The van der Waals surface area contributed by atoms with Gasteiger partial charge in [-0.3, -0.25) is 9.59 Å². The smallest absolute Gasteiger partial charge is 0.251 e. The molecule has 0 aliphatic rings. The molecule has 22 heavy (non-hydrogen) atoms. The van der Waals surface area contributed by atoms with Crippen LogP contribution in [-0.2, 0) is 0 Å². The van der Waals surface area contributed by atoms with Crippen molar-refractivity contribution in [3.63, 3.8) is 0 Å². The Hall–Kier alpha value is -2.21. The third kappa shape index (κ3) is 4.66. The van der Waals surface area contributed by atoms with Crippen molar-refractivity contribution in [2.45, 2.75) is 0 Å². The fourth-order valence-electron chi connectivity index (χ4n) is 1.82. The van der Waals surface area contributed by atoms with Crippen molar-refractivity contribution in [2.75, 3.05) is 13.1 Å². The Morgan fingerprint density at radius 2 is 1.45 bits per heavy atom. The van der Waals surface area contributed by atoms with Crippen LogP contribution < -0.4 is 10.6 Å². The molecule has 0 radical (unpaired) electrons. The van der Waals surface area contributed by atoms with Crippen LogP contribution in [0.25, 0.3) is 0 Å². The quantitative estimate of drug-likeness (QED) is 0.801. The molecule has 0 atom stereocenters. The van der Waals surface area contributed by atoms with E-state index in [-0.39, 0.29) is 30.5 Å². The highest BCUT2D eigenvalue weighted by Gasteiger charge is 2.07. The lowest BCUT2D eigenvalue weighted by atomic mass is 10.2. The summed E-state index contributed by atoms with van der Waals surface area (Å²) in [5.41, 5.74) is 0.782. The van der Waals surface area contributed by atoms with E-state index in [9.17, 15) is 14.0 Å². The van der Waals surface area contributed by atoms with E-state index < -0.39 is 5.82 Å². The van der Waals surface area contributed by atoms with Crippen molar-refractivity contribution in [1.82, 2.24) is 10.6 Å². The summed E-state index contributed by atoms with van der Waals surface area (Å²) in [4.78, 5) is 23.6. The van der Waals surface area contributed by atoms with Crippen molar-refractivity contribution in [3.8, 4) is 0 Å². The second-order valence-corrected chi connectivity index (χ2v) is 5.45. The first-order valence-corrected chi connectivity index (χ1v) is 7.43. The van der Waals surface area contributed by atoms with E-state index in [1.54, 1.807) is 18.2 Å². The van der Waals surface area contributed by atoms with Crippen molar-refractivity contribution < 1.29 is 14.0 Å². The topological polar surface area (TPSA) is 58.2 Å². The van der Waals surface area contributed by atoms with Crippen LogP contribution in [0.3, 0.4) is 0 Å². The van der Waals surface area contributed by atoms with Crippen LogP contribution in [0.1, 0.15) is 20.7 Å². The minimum absolute atomic E-state index is 0.221. The standard InChI is InChI=1S/C16H14BrFN2O2/c17-13-5-1-3-11(9-13)15(21)19-7-8-20-16(22)12-4-2-6-14(18)10-12/h1-6,9-10H,7-8H2,(H,19,21)(H,20,22). The van der Waals surface area contributed by atoms with Gasteiger partial charge in [-0.25, -0.2) is 4.39 Å². The monoisotopic (exact) mass is 364 g/mol. The molecule has 0 aromatic heterocycles. The highest BCUT2D eigenvalue weighted by Crippen LogP contribution is 2.11. The lowest BCUT2D eigenvalue weighted by Gasteiger charge is -2.07. The Labute approximate surface area is 135 Å². The first-order chi connectivity index (χ1) is 10.6. The van der Waals surface area contributed by atoms with E-state index in [2.05, 4.69) is 26.6 Å². The van der Waals surface area contributed by atoms with Crippen LogP contribution >= 0.6 is 15.9 Å². The number of hydrogen-bond acceptors (Lipinski definition) is 2. The molecule has 4 nitrogen and oxygen atoms in total. The lowest BCUT2D eigenvalue weighted by molar-refractivity contribution is 0.0927. The molecule has 0 saturated heterocycles. The number of amides is 2. The summed E-state index contributed by atoms with van der Waals surface area (Å²) >= 11 is 3.30. The van der Waals surface area contributed by atoms with Gasteiger partial charge in [-0.05, 0) is 36.4 Å². The van der Waals surface area contributed by atoms with Crippen LogP contribution in [0.5, 0.6) is 0 Å². The lowest BCUT2D eigenvalue weighted by Crippen LogP contribution is -2.34. The van der Waals surface area contributed by atoms with E-state index >= 15 is 0 Å². The van der Waals surface area contributed by atoms with Crippen molar-refractivity contribution >= 4 is 27.7 Å². The first-order valence-electron chi connectivity index (χ1n) is 6.64. The van der Waals surface area contributed by atoms with Crippen molar-refractivity contribution in [2.24, 2.45) is 0 Å². The third-order valence-corrected chi connectivity index (χ3v) is 3.36. The van der Waals surface area contributed by atoms with E-state index in [0.717, 1.165) is 10.5 Å². The molecule has 2 N–H and O–H groups in total. The van der Waals surface area contributed by atoms with Gasteiger partial charge in [-0.2, -0.15) is 0 Å². The van der Waals surface area contributed by atoms with Crippen molar-refractivity contribution in [1.29, 1.82) is 0 Å². The van der Waals surface area contributed by atoms with Gasteiger partial charge in [0, 0.05) is 28.7 Å². The Balaban J connectivity index is 1.77. The molecule has 0 fully saturated rings. The Morgan fingerprint density at radius 1 is 0.909 bits per heavy atom. The average Bonchev–Trinajstić information content (AvgIpc) is 2.51. The minimum atomic E-state index is -0.462. The first kappa shape index (κ1) is 16.2. The molecular weight excluding hydrogens is 351 g/mol. The minimum Gasteiger partial charge on any atom is -0.350 e. The number of carbonyl (C=O) groups is 2. The molecule has 0 spiro atoms. The summed E-state index contributed by atoms with van der Waals surface area (Å²) in [7, 11) is 0. The van der Waals surface area contributed by atoms with Gasteiger partial charge >= 0.3 is 0 Å². The molecule has 114 valence electrons. The predicted octanol–water partition coefficient (Wildman–Crippen LogP) is 2.75. The summed E-state index contributed by atoms with van der Waals surface area (Å²) in [6, 6.07) is 12.4. The maximum Gasteiger partial charge on any atom is 0.251 e. The SMILES string of the molecule is O=C(NCCNC(=O)c1cccc(Br)c1)c1cccc(F)c1. The number of carbonyl (C=O) groups excluding carboxylic acids is 2. The van der Waals surface area contributed by atoms with Crippen molar-refractivity contribution in [3.05, 3.63) is 69.9 Å². The molecule has 0 saturated carbocycles. The van der Waals surface area contributed by atoms with Crippen LogP contribution in [0.2, 0.25) is 0 Å². The molecule has 0 heterocycles. The molecule has 2 amide bonds. The van der Waals surface area contributed by atoms with E-state index in [1.807, 2.05) is 6.07 Å². The molecule has 2 aromatic rings. The summed E-state index contributed by atoms with van der Waals surface area (Å²) in [6.07, 6.45) is 0. The van der Waals surface area contributed by atoms with Gasteiger partial charge in [-0.1, -0.05) is 28.1 Å². The van der Waals surface area contributed by atoms with Crippen LogP contribution in [0.15, 0.2) is 53.0 Å². The fraction of sp³-hybridized carbons (Fsp3) is 0.125. The summed E-state index contributed by atoms with van der Waals surface area (Å²) in [5, 5.41) is 5.31. The molecule has 0 aliphatic carbocycles. The van der Waals surface area contributed by atoms with Gasteiger partial charge in [0.2, 0.25) is 0 Å².